The second kappa shape index (κ2) is 8.46. The van der Waals surface area contributed by atoms with E-state index in [9.17, 15) is 4.79 Å². The molecular weight excluding hydrogens is 436 g/mol. The van der Waals surface area contributed by atoms with Gasteiger partial charge >= 0.3 is 6.09 Å². The molecule has 0 spiro atoms. The number of benzene rings is 1. The molecule has 0 bridgehead atoms. The summed E-state index contributed by atoms with van der Waals surface area (Å²) in [4.78, 5) is 20.5. The number of pyridine rings is 1. The fraction of sp³-hybridized carbons (Fsp3) is 0.400. The normalized spacial score (nSPS) is 14.7. The van der Waals surface area contributed by atoms with Gasteiger partial charge in [-0.25, -0.2) is 15.6 Å². The Morgan fingerprint density at radius 1 is 1.10 bits per heavy atom. The van der Waals surface area contributed by atoms with E-state index in [1.54, 1.807) is 17.0 Å². The monoisotopic (exact) mass is 462 g/mol. The van der Waals surface area contributed by atoms with Crippen LogP contribution in [-0.4, -0.2) is 47.8 Å². The Morgan fingerprint density at radius 2 is 1.72 bits per heavy atom. The third-order valence-electron chi connectivity index (χ3n) is 4.52. The quantitative estimate of drug-likeness (QED) is 0.408. The summed E-state index contributed by atoms with van der Waals surface area (Å²) in [5.74, 6) is 6.70. The second-order valence-electron chi connectivity index (χ2n) is 7.89. The van der Waals surface area contributed by atoms with Crippen molar-refractivity contribution in [2.45, 2.75) is 26.4 Å². The minimum Gasteiger partial charge on any atom is -0.444 e. The van der Waals surface area contributed by atoms with Gasteiger partial charge in [0.15, 0.2) is 5.82 Å². The van der Waals surface area contributed by atoms with E-state index >= 15 is 0 Å². The van der Waals surface area contributed by atoms with Crippen LogP contribution in [0.1, 0.15) is 20.8 Å². The van der Waals surface area contributed by atoms with E-state index < -0.39 is 5.60 Å². The summed E-state index contributed by atoms with van der Waals surface area (Å²) in [5.41, 5.74) is 7.86. The number of ether oxygens (including phenoxy) is 1. The SMILES string of the molecule is CC(C)(C)OC(=O)N1CCN(c2ccc(N(N)c3nc(Br)ccc3N)cc2)CC1. The van der Waals surface area contributed by atoms with Gasteiger partial charge in [0, 0.05) is 31.9 Å². The van der Waals surface area contributed by atoms with Crippen LogP contribution in [0.25, 0.3) is 0 Å². The number of aromatic nitrogens is 1. The maximum absolute atomic E-state index is 12.2. The molecule has 0 unspecified atom stereocenters. The summed E-state index contributed by atoms with van der Waals surface area (Å²) in [6.07, 6.45) is -0.259. The lowest BCUT2D eigenvalue weighted by Gasteiger charge is -2.36. The van der Waals surface area contributed by atoms with Crippen LogP contribution in [0.4, 0.5) is 27.7 Å². The number of carbonyl (C=O) groups is 1. The maximum atomic E-state index is 12.2. The average Bonchev–Trinajstić information content (AvgIpc) is 2.68. The van der Waals surface area contributed by atoms with Gasteiger partial charge in [0.05, 0.1) is 11.4 Å². The van der Waals surface area contributed by atoms with Gasteiger partial charge < -0.3 is 20.3 Å². The number of hydrogen-bond acceptors (Lipinski definition) is 7. The Bertz CT molecular complexity index is 860. The summed E-state index contributed by atoms with van der Waals surface area (Å²) in [6.45, 7) is 8.36. The van der Waals surface area contributed by atoms with Crippen LogP contribution in [0.5, 0.6) is 0 Å². The topological polar surface area (TPSA) is 101 Å². The minimum absolute atomic E-state index is 0.259. The zero-order chi connectivity index (χ0) is 21.2. The first kappa shape index (κ1) is 21.2. The minimum atomic E-state index is -0.481. The van der Waals surface area contributed by atoms with E-state index in [2.05, 4.69) is 25.8 Å². The Hall–Kier alpha value is -2.52. The molecule has 2 heterocycles. The molecule has 1 aromatic heterocycles. The molecule has 1 fully saturated rings. The van der Waals surface area contributed by atoms with Crippen LogP contribution in [0, 0.1) is 0 Å². The number of halogens is 1. The smallest absolute Gasteiger partial charge is 0.410 e. The van der Waals surface area contributed by atoms with E-state index in [1.807, 2.05) is 45.0 Å². The Balaban J connectivity index is 1.63. The number of nitrogens with zero attached hydrogens (tertiary/aromatic N) is 4. The molecule has 8 nitrogen and oxygen atoms in total. The van der Waals surface area contributed by atoms with Crippen LogP contribution in [0.15, 0.2) is 41.0 Å². The molecule has 4 N–H and O–H groups in total. The van der Waals surface area contributed by atoms with E-state index in [0.717, 1.165) is 24.5 Å². The molecule has 1 aliphatic rings. The van der Waals surface area contributed by atoms with Crippen LogP contribution in [0.2, 0.25) is 0 Å². The first-order valence-corrected chi connectivity index (χ1v) is 10.2. The van der Waals surface area contributed by atoms with Crippen LogP contribution < -0.4 is 21.5 Å². The van der Waals surface area contributed by atoms with Crippen molar-refractivity contribution >= 4 is 44.9 Å². The maximum Gasteiger partial charge on any atom is 0.410 e. The van der Waals surface area contributed by atoms with E-state index in [0.29, 0.717) is 29.2 Å². The molecule has 1 aromatic carbocycles. The summed E-state index contributed by atoms with van der Waals surface area (Å²) >= 11 is 3.34. The molecule has 0 aliphatic carbocycles. The van der Waals surface area contributed by atoms with Crippen molar-refractivity contribution in [2.75, 3.05) is 41.8 Å². The van der Waals surface area contributed by atoms with Gasteiger partial charge in [-0.2, -0.15) is 0 Å². The number of nitrogen functional groups attached to an aromatic ring is 1. The van der Waals surface area contributed by atoms with E-state index in [4.69, 9.17) is 16.3 Å². The number of carbonyl (C=O) groups excluding carboxylic acids is 1. The Labute approximate surface area is 179 Å². The highest BCUT2D eigenvalue weighted by Gasteiger charge is 2.26. The first-order chi connectivity index (χ1) is 13.6. The predicted octanol–water partition coefficient (Wildman–Crippen LogP) is 3.50. The van der Waals surface area contributed by atoms with Crippen molar-refractivity contribution in [2.24, 2.45) is 5.84 Å². The number of hydrazine groups is 1. The van der Waals surface area contributed by atoms with Gasteiger partial charge in [-0.05, 0) is 73.1 Å². The molecule has 1 saturated heterocycles. The molecule has 156 valence electrons. The summed E-state index contributed by atoms with van der Waals surface area (Å²) in [6, 6.07) is 11.4. The lowest BCUT2D eigenvalue weighted by molar-refractivity contribution is 0.0240. The fourth-order valence-electron chi connectivity index (χ4n) is 3.05. The van der Waals surface area contributed by atoms with Crippen molar-refractivity contribution in [3.8, 4) is 0 Å². The van der Waals surface area contributed by atoms with Crippen LogP contribution in [0.3, 0.4) is 0 Å². The number of nitrogens with two attached hydrogens (primary N) is 2. The zero-order valence-corrected chi connectivity index (χ0v) is 18.5. The fourth-order valence-corrected chi connectivity index (χ4v) is 3.35. The highest BCUT2D eigenvalue weighted by atomic mass is 79.9. The van der Waals surface area contributed by atoms with Crippen LogP contribution >= 0.6 is 15.9 Å². The van der Waals surface area contributed by atoms with Crippen molar-refractivity contribution in [1.29, 1.82) is 0 Å². The standard InChI is InChI=1S/C20H27BrN6O2/c1-20(2,3)29-19(28)26-12-10-25(11-13-26)14-4-6-15(7-5-14)27(23)18-16(22)8-9-17(21)24-18/h4-9H,10-13,22-23H2,1-3H3. The molecule has 0 atom stereocenters. The molecular formula is C20H27BrN6O2. The van der Waals surface area contributed by atoms with Crippen molar-refractivity contribution in [1.82, 2.24) is 9.88 Å². The first-order valence-electron chi connectivity index (χ1n) is 9.44. The largest absolute Gasteiger partial charge is 0.444 e. The molecule has 2 aromatic rings. The number of rotatable bonds is 3. The molecule has 0 saturated carbocycles. The van der Waals surface area contributed by atoms with Crippen LogP contribution in [-0.2, 0) is 4.74 Å². The van der Waals surface area contributed by atoms with Crippen molar-refractivity contribution in [3.05, 3.63) is 41.0 Å². The summed E-state index contributed by atoms with van der Waals surface area (Å²) in [7, 11) is 0. The lowest BCUT2D eigenvalue weighted by atomic mass is 10.2. The molecule has 29 heavy (non-hydrogen) atoms. The second-order valence-corrected chi connectivity index (χ2v) is 8.70. The van der Waals surface area contributed by atoms with Crippen molar-refractivity contribution in [3.63, 3.8) is 0 Å². The zero-order valence-electron chi connectivity index (χ0n) is 16.9. The molecule has 1 amide bonds. The van der Waals surface area contributed by atoms with Gasteiger partial charge in [0.2, 0.25) is 0 Å². The number of piperazine rings is 1. The van der Waals surface area contributed by atoms with Crippen molar-refractivity contribution < 1.29 is 9.53 Å². The summed E-state index contributed by atoms with van der Waals surface area (Å²) in [5, 5.41) is 1.46. The lowest BCUT2D eigenvalue weighted by Crippen LogP contribution is -2.50. The highest BCUT2D eigenvalue weighted by Crippen LogP contribution is 2.29. The van der Waals surface area contributed by atoms with Gasteiger partial charge in [0.25, 0.3) is 0 Å². The van der Waals surface area contributed by atoms with Gasteiger partial charge in [0.1, 0.15) is 10.2 Å². The number of anilines is 4. The third kappa shape index (κ3) is 5.30. The molecule has 3 rings (SSSR count). The molecule has 9 heteroatoms. The van der Waals surface area contributed by atoms with Gasteiger partial charge in [-0.15, -0.1) is 0 Å². The Kier molecular flexibility index (Phi) is 6.18. The van der Waals surface area contributed by atoms with E-state index in [-0.39, 0.29) is 6.09 Å². The average molecular weight is 463 g/mol. The number of hydrogen-bond donors (Lipinski definition) is 2. The predicted molar refractivity (Wildman–Crippen MR) is 119 cm³/mol. The number of amides is 1. The summed E-state index contributed by atoms with van der Waals surface area (Å²) < 4.78 is 6.11. The van der Waals surface area contributed by atoms with Gasteiger partial charge in [-0.1, -0.05) is 0 Å². The molecule has 0 radical (unpaired) electrons. The highest BCUT2D eigenvalue weighted by molar-refractivity contribution is 9.10. The third-order valence-corrected chi connectivity index (χ3v) is 4.97. The molecule has 1 aliphatic heterocycles. The Morgan fingerprint density at radius 3 is 2.31 bits per heavy atom. The van der Waals surface area contributed by atoms with E-state index in [1.165, 1.54) is 5.01 Å². The van der Waals surface area contributed by atoms with Gasteiger partial charge in [-0.3, -0.25) is 5.01 Å².